The molecule has 1 aromatic rings. The van der Waals surface area contributed by atoms with Crippen molar-refractivity contribution in [2.24, 2.45) is 5.92 Å². The number of amides is 1. The number of carbonyl (C=O) groups excluding carboxylic acids is 1. The zero-order valence-corrected chi connectivity index (χ0v) is 10.4. The van der Waals surface area contributed by atoms with Gasteiger partial charge in [-0.05, 0) is 25.0 Å². The smallest absolute Gasteiger partial charge is 0.258 e. The largest absolute Gasteiger partial charge is 0.508 e. The second kappa shape index (κ2) is 6.13. The lowest BCUT2D eigenvalue weighted by Crippen LogP contribution is -2.38. The second-order valence-electron chi connectivity index (χ2n) is 4.39. The van der Waals surface area contributed by atoms with Crippen molar-refractivity contribution < 1.29 is 14.6 Å². The lowest BCUT2D eigenvalue weighted by Gasteiger charge is -2.17. The molecule has 0 heterocycles. The van der Waals surface area contributed by atoms with E-state index in [0.29, 0.717) is 11.7 Å². The molecule has 0 aliphatic carbocycles. The van der Waals surface area contributed by atoms with Gasteiger partial charge in [0.2, 0.25) is 0 Å². The summed E-state index contributed by atoms with van der Waals surface area (Å²) in [6, 6.07) is 6.50. The van der Waals surface area contributed by atoms with Crippen molar-refractivity contribution in [2.75, 3.05) is 6.61 Å². The highest BCUT2D eigenvalue weighted by Gasteiger charge is 2.11. The molecule has 0 saturated heterocycles. The first-order chi connectivity index (χ1) is 7.99. The van der Waals surface area contributed by atoms with Crippen LogP contribution in [0.25, 0.3) is 0 Å². The standard InChI is InChI=1S/C13H19NO3/c1-9(2)10(3)14-13(16)8-17-12-6-4-5-11(15)7-12/h4-7,9-10,15H,8H2,1-3H3,(H,14,16). The van der Waals surface area contributed by atoms with Gasteiger partial charge < -0.3 is 15.2 Å². The van der Waals surface area contributed by atoms with Gasteiger partial charge in [-0.25, -0.2) is 0 Å². The third kappa shape index (κ3) is 4.76. The number of benzene rings is 1. The fourth-order valence-electron chi connectivity index (χ4n) is 1.18. The van der Waals surface area contributed by atoms with Crippen molar-refractivity contribution in [3.05, 3.63) is 24.3 Å². The lowest BCUT2D eigenvalue weighted by molar-refractivity contribution is -0.124. The summed E-state index contributed by atoms with van der Waals surface area (Å²) in [4.78, 5) is 11.5. The fraction of sp³-hybridized carbons (Fsp3) is 0.462. The summed E-state index contributed by atoms with van der Waals surface area (Å²) in [6.45, 7) is 6.00. The summed E-state index contributed by atoms with van der Waals surface area (Å²) in [7, 11) is 0. The minimum absolute atomic E-state index is 0.0412. The first kappa shape index (κ1) is 13.4. The van der Waals surface area contributed by atoms with E-state index in [-0.39, 0.29) is 24.3 Å². The number of rotatable bonds is 5. The molecule has 1 atom stereocenters. The number of nitrogens with one attached hydrogen (secondary N) is 1. The van der Waals surface area contributed by atoms with Crippen LogP contribution in [0.5, 0.6) is 11.5 Å². The Labute approximate surface area is 102 Å². The zero-order valence-electron chi connectivity index (χ0n) is 10.4. The van der Waals surface area contributed by atoms with Gasteiger partial charge in [0.25, 0.3) is 5.91 Å². The number of carbonyl (C=O) groups is 1. The third-order valence-corrected chi connectivity index (χ3v) is 2.58. The maximum atomic E-state index is 11.5. The lowest BCUT2D eigenvalue weighted by atomic mass is 10.1. The SMILES string of the molecule is CC(C)C(C)NC(=O)COc1cccc(O)c1. The van der Waals surface area contributed by atoms with Crippen LogP contribution in [-0.2, 0) is 4.79 Å². The minimum atomic E-state index is -0.158. The van der Waals surface area contributed by atoms with E-state index in [1.165, 1.54) is 6.07 Å². The van der Waals surface area contributed by atoms with Crippen LogP contribution in [0.15, 0.2) is 24.3 Å². The molecular formula is C13H19NO3. The maximum Gasteiger partial charge on any atom is 0.258 e. The molecule has 1 aromatic carbocycles. The van der Waals surface area contributed by atoms with Crippen molar-refractivity contribution >= 4 is 5.91 Å². The van der Waals surface area contributed by atoms with Gasteiger partial charge in [-0.2, -0.15) is 0 Å². The first-order valence-electron chi connectivity index (χ1n) is 5.70. The third-order valence-electron chi connectivity index (χ3n) is 2.58. The van der Waals surface area contributed by atoms with Crippen molar-refractivity contribution in [3.63, 3.8) is 0 Å². The monoisotopic (exact) mass is 237 g/mol. The molecule has 1 unspecified atom stereocenters. The first-order valence-corrected chi connectivity index (χ1v) is 5.70. The Balaban J connectivity index is 2.38. The number of aromatic hydroxyl groups is 1. The van der Waals surface area contributed by atoms with Gasteiger partial charge in [0.15, 0.2) is 6.61 Å². The van der Waals surface area contributed by atoms with Gasteiger partial charge >= 0.3 is 0 Å². The summed E-state index contributed by atoms with van der Waals surface area (Å²) >= 11 is 0. The highest BCUT2D eigenvalue weighted by molar-refractivity contribution is 5.77. The van der Waals surface area contributed by atoms with E-state index in [2.05, 4.69) is 5.32 Å². The highest BCUT2D eigenvalue weighted by Crippen LogP contribution is 2.17. The molecule has 0 fully saturated rings. The van der Waals surface area contributed by atoms with Gasteiger partial charge in [-0.15, -0.1) is 0 Å². The molecule has 1 rings (SSSR count). The van der Waals surface area contributed by atoms with Gasteiger partial charge in [0.1, 0.15) is 11.5 Å². The zero-order chi connectivity index (χ0) is 12.8. The molecule has 0 aliphatic heterocycles. The molecule has 0 saturated carbocycles. The molecule has 1 amide bonds. The molecular weight excluding hydrogens is 218 g/mol. The predicted octanol–water partition coefficient (Wildman–Crippen LogP) is 1.93. The van der Waals surface area contributed by atoms with Gasteiger partial charge in [-0.3, -0.25) is 4.79 Å². The van der Waals surface area contributed by atoms with Crippen LogP contribution >= 0.6 is 0 Å². The normalized spacial score (nSPS) is 12.2. The maximum absolute atomic E-state index is 11.5. The Morgan fingerprint density at radius 1 is 1.41 bits per heavy atom. The van der Waals surface area contributed by atoms with E-state index in [4.69, 9.17) is 4.74 Å². The van der Waals surface area contributed by atoms with Crippen molar-refractivity contribution in [1.82, 2.24) is 5.32 Å². The number of hydrogen-bond acceptors (Lipinski definition) is 3. The Hall–Kier alpha value is -1.71. The molecule has 94 valence electrons. The van der Waals surface area contributed by atoms with Crippen LogP contribution in [0, 0.1) is 5.92 Å². The second-order valence-corrected chi connectivity index (χ2v) is 4.39. The van der Waals surface area contributed by atoms with E-state index in [1.54, 1.807) is 18.2 Å². The van der Waals surface area contributed by atoms with Crippen LogP contribution in [0.1, 0.15) is 20.8 Å². The van der Waals surface area contributed by atoms with E-state index in [0.717, 1.165) is 0 Å². The quantitative estimate of drug-likeness (QED) is 0.822. The van der Waals surface area contributed by atoms with E-state index in [1.807, 2.05) is 20.8 Å². The minimum Gasteiger partial charge on any atom is -0.508 e. The fourth-order valence-corrected chi connectivity index (χ4v) is 1.18. The summed E-state index contributed by atoms with van der Waals surface area (Å²) in [6.07, 6.45) is 0. The van der Waals surface area contributed by atoms with Crippen LogP contribution in [0.2, 0.25) is 0 Å². The average Bonchev–Trinajstić information content (AvgIpc) is 2.26. The Morgan fingerprint density at radius 3 is 2.71 bits per heavy atom. The summed E-state index contributed by atoms with van der Waals surface area (Å²) in [5.41, 5.74) is 0. The molecule has 0 aliphatic rings. The molecule has 0 radical (unpaired) electrons. The molecule has 4 heteroatoms. The van der Waals surface area contributed by atoms with Gasteiger partial charge in [-0.1, -0.05) is 19.9 Å². The summed E-state index contributed by atoms with van der Waals surface area (Å²) in [5.74, 6) is 0.838. The number of phenols is 1. The summed E-state index contributed by atoms with van der Waals surface area (Å²) < 4.78 is 5.26. The molecule has 0 aromatic heterocycles. The molecule has 0 spiro atoms. The van der Waals surface area contributed by atoms with Crippen molar-refractivity contribution in [1.29, 1.82) is 0 Å². The van der Waals surface area contributed by atoms with E-state index < -0.39 is 0 Å². The van der Waals surface area contributed by atoms with Crippen LogP contribution in [0.3, 0.4) is 0 Å². The Bertz CT molecular complexity index is 377. The predicted molar refractivity (Wildman–Crippen MR) is 66.0 cm³/mol. The Kier molecular flexibility index (Phi) is 4.82. The summed E-state index contributed by atoms with van der Waals surface area (Å²) in [5, 5.41) is 12.1. The number of ether oxygens (including phenoxy) is 1. The number of phenolic OH excluding ortho intramolecular Hbond substituents is 1. The topological polar surface area (TPSA) is 58.6 Å². The van der Waals surface area contributed by atoms with Crippen LogP contribution in [-0.4, -0.2) is 23.7 Å². The average molecular weight is 237 g/mol. The van der Waals surface area contributed by atoms with Crippen molar-refractivity contribution in [2.45, 2.75) is 26.8 Å². The molecule has 4 nitrogen and oxygen atoms in total. The van der Waals surface area contributed by atoms with Crippen LogP contribution in [0.4, 0.5) is 0 Å². The Morgan fingerprint density at radius 2 is 2.12 bits per heavy atom. The van der Waals surface area contributed by atoms with E-state index >= 15 is 0 Å². The van der Waals surface area contributed by atoms with Gasteiger partial charge in [0, 0.05) is 12.1 Å². The van der Waals surface area contributed by atoms with Gasteiger partial charge in [0.05, 0.1) is 0 Å². The van der Waals surface area contributed by atoms with E-state index in [9.17, 15) is 9.90 Å². The van der Waals surface area contributed by atoms with Crippen LogP contribution < -0.4 is 10.1 Å². The van der Waals surface area contributed by atoms with Crippen molar-refractivity contribution in [3.8, 4) is 11.5 Å². The molecule has 17 heavy (non-hydrogen) atoms. The highest BCUT2D eigenvalue weighted by atomic mass is 16.5. The number of hydrogen-bond donors (Lipinski definition) is 2. The molecule has 2 N–H and O–H groups in total. The molecule has 0 bridgehead atoms.